The molecule has 0 bridgehead atoms. The molecule has 32 heavy (non-hydrogen) atoms. The van der Waals surface area contributed by atoms with Gasteiger partial charge in [0.05, 0.1) is 12.6 Å². The first-order valence-corrected chi connectivity index (χ1v) is 11.5. The van der Waals surface area contributed by atoms with Gasteiger partial charge in [-0.1, -0.05) is 25.4 Å². The molecule has 8 heteroatoms. The van der Waals surface area contributed by atoms with Crippen LogP contribution in [0.5, 0.6) is 0 Å². The van der Waals surface area contributed by atoms with Crippen LogP contribution in [-0.2, 0) is 24.3 Å². The zero-order chi connectivity index (χ0) is 22.7. The molecule has 2 aromatic heterocycles. The van der Waals surface area contributed by atoms with Crippen LogP contribution < -0.4 is 5.32 Å². The Morgan fingerprint density at radius 2 is 1.91 bits per heavy atom. The number of rotatable bonds is 7. The highest BCUT2D eigenvalue weighted by molar-refractivity contribution is 6.30. The van der Waals surface area contributed by atoms with Gasteiger partial charge in [-0.25, -0.2) is 0 Å². The number of nitrogens with one attached hydrogen (secondary N) is 1. The Labute approximate surface area is 193 Å². The lowest BCUT2D eigenvalue weighted by Gasteiger charge is -2.21. The molecule has 1 amide bonds. The Kier molecular flexibility index (Phi) is 6.96. The summed E-state index contributed by atoms with van der Waals surface area (Å²) < 4.78 is 8.28. The van der Waals surface area contributed by atoms with Gasteiger partial charge in [0, 0.05) is 43.6 Å². The van der Waals surface area contributed by atoms with Crippen molar-refractivity contribution in [1.29, 1.82) is 0 Å². The predicted molar refractivity (Wildman–Crippen MR) is 124 cm³/mol. The molecule has 0 saturated heterocycles. The maximum atomic E-state index is 11.7. The number of carbonyl (C=O) groups is 1. The number of amides is 1. The molecule has 0 radical (unpaired) electrons. The molecule has 1 N–H and O–H groups in total. The molecule has 0 spiro atoms. The van der Waals surface area contributed by atoms with Gasteiger partial charge in [0.15, 0.2) is 5.82 Å². The number of hydrogen-bond donors (Lipinski definition) is 1. The number of benzene rings is 1. The second kappa shape index (κ2) is 9.88. The molecule has 0 unspecified atom stereocenters. The van der Waals surface area contributed by atoms with E-state index in [0.29, 0.717) is 10.9 Å². The molecular weight excluding hydrogens is 426 g/mol. The van der Waals surface area contributed by atoms with Crippen molar-refractivity contribution in [3.63, 3.8) is 0 Å². The van der Waals surface area contributed by atoms with Gasteiger partial charge in [-0.15, -0.1) is 10.2 Å². The Morgan fingerprint density at radius 3 is 2.62 bits per heavy atom. The van der Waals surface area contributed by atoms with Gasteiger partial charge in [0.25, 0.3) is 0 Å². The van der Waals surface area contributed by atoms with E-state index < -0.39 is 0 Å². The fourth-order valence-corrected chi connectivity index (χ4v) is 4.33. The molecule has 0 aliphatic carbocycles. The van der Waals surface area contributed by atoms with Crippen molar-refractivity contribution in [1.82, 2.24) is 25.0 Å². The van der Waals surface area contributed by atoms with Crippen LogP contribution in [0.2, 0.25) is 5.02 Å². The van der Waals surface area contributed by atoms with Gasteiger partial charge in [-0.2, -0.15) is 0 Å². The zero-order valence-corrected chi connectivity index (χ0v) is 19.6. The Bertz CT molecular complexity index is 1060. The first kappa shape index (κ1) is 22.6. The number of carbonyl (C=O) groups excluding carboxylic acids is 1. The Hall–Kier alpha value is -2.64. The van der Waals surface area contributed by atoms with Crippen molar-refractivity contribution in [3.8, 4) is 11.3 Å². The van der Waals surface area contributed by atoms with Crippen molar-refractivity contribution in [2.24, 2.45) is 5.92 Å². The van der Waals surface area contributed by atoms with Gasteiger partial charge in [-0.3, -0.25) is 9.69 Å². The second-order valence-corrected chi connectivity index (χ2v) is 9.24. The minimum Gasteiger partial charge on any atom is -0.460 e. The van der Waals surface area contributed by atoms with E-state index in [1.807, 2.05) is 36.4 Å². The number of hydrogen-bond acceptors (Lipinski definition) is 5. The summed E-state index contributed by atoms with van der Waals surface area (Å²) in [7, 11) is 0. The van der Waals surface area contributed by atoms with Gasteiger partial charge >= 0.3 is 0 Å². The van der Waals surface area contributed by atoms with Crippen molar-refractivity contribution in [2.75, 3.05) is 13.1 Å². The number of aromatic nitrogens is 3. The molecule has 170 valence electrons. The summed E-state index contributed by atoms with van der Waals surface area (Å²) in [6, 6.07) is 11.6. The van der Waals surface area contributed by atoms with Crippen LogP contribution in [0.15, 0.2) is 40.8 Å². The molecule has 0 saturated carbocycles. The fourth-order valence-electron chi connectivity index (χ4n) is 4.20. The summed E-state index contributed by atoms with van der Waals surface area (Å²) in [5.41, 5.74) is 1.02. The van der Waals surface area contributed by atoms with Gasteiger partial charge in [0.2, 0.25) is 5.91 Å². The van der Waals surface area contributed by atoms with Crippen LogP contribution in [0.3, 0.4) is 0 Å². The number of halogens is 1. The van der Waals surface area contributed by atoms with E-state index in [-0.39, 0.29) is 11.9 Å². The van der Waals surface area contributed by atoms with E-state index in [0.717, 1.165) is 67.8 Å². The van der Waals surface area contributed by atoms with Crippen molar-refractivity contribution in [2.45, 2.75) is 52.7 Å². The average Bonchev–Trinajstić information content (AvgIpc) is 3.31. The third-order valence-corrected chi connectivity index (χ3v) is 5.97. The van der Waals surface area contributed by atoms with E-state index in [1.54, 1.807) is 6.92 Å². The molecule has 1 aliphatic heterocycles. The van der Waals surface area contributed by atoms with Crippen molar-refractivity contribution < 1.29 is 9.21 Å². The Balaban J connectivity index is 1.43. The maximum absolute atomic E-state index is 11.7. The summed E-state index contributed by atoms with van der Waals surface area (Å²) in [5.74, 6) is 4.01. The predicted octanol–water partition coefficient (Wildman–Crippen LogP) is 4.47. The number of furan rings is 1. The van der Waals surface area contributed by atoms with Crippen molar-refractivity contribution in [3.05, 3.63) is 58.8 Å². The smallest absolute Gasteiger partial charge is 0.217 e. The van der Waals surface area contributed by atoms with Crippen molar-refractivity contribution >= 4 is 17.5 Å². The molecule has 3 aromatic rings. The summed E-state index contributed by atoms with van der Waals surface area (Å²) >= 11 is 5.99. The summed E-state index contributed by atoms with van der Waals surface area (Å²) in [6.07, 6.45) is 1.65. The molecule has 1 atom stereocenters. The lowest BCUT2D eigenvalue weighted by molar-refractivity contribution is -0.119. The highest BCUT2D eigenvalue weighted by Gasteiger charge is 2.25. The topological polar surface area (TPSA) is 76.2 Å². The van der Waals surface area contributed by atoms with E-state index >= 15 is 0 Å². The van der Waals surface area contributed by atoms with Crippen LogP contribution in [-0.4, -0.2) is 38.7 Å². The number of fused-ring (bicyclic) bond motifs is 1. The van der Waals surface area contributed by atoms with Crippen LogP contribution in [0.25, 0.3) is 11.3 Å². The summed E-state index contributed by atoms with van der Waals surface area (Å²) in [5, 5.41) is 12.7. The van der Waals surface area contributed by atoms with Crippen LogP contribution in [0.1, 0.15) is 50.6 Å². The van der Waals surface area contributed by atoms with Crippen LogP contribution >= 0.6 is 11.6 Å². The third kappa shape index (κ3) is 5.40. The molecule has 4 rings (SSSR count). The standard InChI is InChI=1S/C24H30ClN5O2/c1-16(2)14-21(26-17(3)31)24-28-27-23-10-11-29(12-13-30(23)24)15-20-8-9-22(32-20)18-4-6-19(25)7-5-18/h4-9,16,21H,10-15H2,1-3H3,(H,26,31)/t21-/m1/s1. The first-order valence-electron chi connectivity index (χ1n) is 11.1. The second-order valence-electron chi connectivity index (χ2n) is 8.81. The molecule has 3 heterocycles. The number of nitrogens with zero attached hydrogens (tertiary/aromatic N) is 4. The molecule has 1 aliphatic rings. The lowest BCUT2D eigenvalue weighted by Crippen LogP contribution is -2.31. The quantitative estimate of drug-likeness (QED) is 0.568. The highest BCUT2D eigenvalue weighted by Crippen LogP contribution is 2.26. The van der Waals surface area contributed by atoms with Gasteiger partial charge in [0.1, 0.15) is 17.3 Å². The summed E-state index contributed by atoms with van der Waals surface area (Å²) in [4.78, 5) is 14.1. The summed E-state index contributed by atoms with van der Waals surface area (Å²) in [6.45, 7) is 9.12. The normalized spacial score (nSPS) is 15.4. The molecular formula is C24H30ClN5O2. The minimum absolute atomic E-state index is 0.0439. The van der Waals surface area contributed by atoms with E-state index in [9.17, 15) is 4.79 Å². The van der Waals surface area contributed by atoms with E-state index in [1.165, 1.54) is 0 Å². The van der Waals surface area contributed by atoms with Gasteiger partial charge < -0.3 is 14.3 Å². The fraction of sp³-hybridized carbons (Fsp3) is 0.458. The monoisotopic (exact) mass is 455 g/mol. The first-order chi connectivity index (χ1) is 15.4. The molecule has 1 aromatic carbocycles. The van der Waals surface area contributed by atoms with E-state index in [2.05, 4.69) is 38.8 Å². The van der Waals surface area contributed by atoms with Crippen LogP contribution in [0.4, 0.5) is 0 Å². The van der Waals surface area contributed by atoms with Gasteiger partial charge in [-0.05, 0) is 48.7 Å². The van der Waals surface area contributed by atoms with E-state index in [4.69, 9.17) is 16.0 Å². The largest absolute Gasteiger partial charge is 0.460 e. The third-order valence-electron chi connectivity index (χ3n) is 5.71. The minimum atomic E-state index is -0.118. The molecule has 0 fully saturated rings. The lowest BCUT2D eigenvalue weighted by atomic mass is 10.0. The molecule has 7 nitrogen and oxygen atoms in total. The Morgan fingerprint density at radius 1 is 1.12 bits per heavy atom. The zero-order valence-electron chi connectivity index (χ0n) is 18.8. The SMILES string of the molecule is CC(=O)N[C@H](CC(C)C)c1nnc2n1CCN(Cc1ccc(-c3ccc(Cl)cc3)o1)CC2. The van der Waals surface area contributed by atoms with Crippen LogP contribution in [0, 0.1) is 5.92 Å². The average molecular weight is 456 g/mol. The maximum Gasteiger partial charge on any atom is 0.217 e. The highest BCUT2D eigenvalue weighted by atomic mass is 35.5.